The van der Waals surface area contributed by atoms with Gasteiger partial charge < -0.3 is 4.74 Å². The molecule has 1 aliphatic heterocycles. The van der Waals surface area contributed by atoms with Crippen molar-refractivity contribution in [2.24, 2.45) is 0 Å². The third-order valence-electron chi connectivity index (χ3n) is 3.39. The smallest absolute Gasteiger partial charge is 0.208 e. The van der Waals surface area contributed by atoms with Gasteiger partial charge in [-0.2, -0.15) is 0 Å². The SMILES string of the molecule is CS(=O)(=O)NC1CCOC2(CCCC2)C1. The second kappa shape index (κ2) is 4.03. The molecule has 0 aromatic heterocycles. The predicted molar refractivity (Wildman–Crippen MR) is 58.2 cm³/mol. The van der Waals surface area contributed by atoms with Crippen molar-refractivity contribution in [2.75, 3.05) is 12.9 Å². The van der Waals surface area contributed by atoms with Crippen LogP contribution in [0.5, 0.6) is 0 Å². The Bertz CT molecular complexity index is 320. The largest absolute Gasteiger partial charge is 0.375 e. The number of rotatable bonds is 2. The fourth-order valence-electron chi connectivity index (χ4n) is 2.80. The van der Waals surface area contributed by atoms with Gasteiger partial charge in [0.15, 0.2) is 0 Å². The lowest BCUT2D eigenvalue weighted by Crippen LogP contribution is -2.47. The summed E-state index contributed by atoms with van der Waals surface area (Å²) in [5, 5.41) is 0. The molecule has 2 fully saturated rings. The lowest BCUT2D eigenvalue weighted by atomic mass is 9.89. The van der Waals surface area contributed by atoms with E-state index in [1.807, 2.05) is 0 Å². The standard InChI is InChI=1S/C10H19NO3S/c1-15(12,13)11-9-4-7-14-10(8-9)5-2-3-6-10/h9,11H,2-8H2,1H3. The van der Waals surface area contributed by atoms with Crippen molar-refractivity contribution >= 4 is 10.0 Å². The number of hydrogen-bond acceptors (Lipinski definition) is 3. The Morgan fingerprint density at radius 2 is 2.00 bits per heavy atom. The highest BCUT2D eigenvalue weighted by atomic mass is 32.2. The zero-order valence-electron chi connectivity index (χ0n) is 9.16. The first kappa shape index (κ1) is 11.4. The Morgan fingerprint density at radius 3 is 2.60 bits per heavy atom. The normalized spacial score (nSPS) is 30.9. The molecule has 1 N–H and O–H groups in total. The van der Waals surface area contributed by atoms with E-state index in [4.69, 9.17) is 4.74 Å². The molecular formula is C10H19NO3S. The highest BCUT2D eigenvalue weighted by Crippen LogP contribution is 2.39. The van der Waals surface area contributed by atoms with Crippen LogP contribution in [0.3, 0.4) is 0 Å². The van der Waals surface area contributed by atoms with Gasteiger partial charge in [0, 0.05) is 12.6 Å². The van der Waals surface area contributed by atoms with Crippen molar-refractivity contribution in [2.45, 2.75) is 50.2 Å². The average molecular weight is 233 g/mol. The molecule has 0 radical (unpaired) electrons. The Kier molecular flexibility index (Phi) is 3.05. The third-order valence-corrected chi connectivity index (χ3v) is 4.15. The summed E-state index contributed by atoms with van der Waals surface area (Å²) in [6, 6.07) is 0.0758. The molecule has 1 atom stereocenters. The highest BCUT2D eigenvalue weighted by molar-refractivity contribution is 7.88. The molecule has 0 aromatic carbocycles. The molecule has 1 spiro atoms. The number of ether oxygens (including phenoxy) is 1. The van der Waals surface area contributed by atoms with E-state index in [9.17, 15) is 8.42 Å². The molecule has 2 aliphatic rings. The minimum Gasteiger partial charge on any atom is -0.375 e. The maximum atomic E-state index is 11.2. The minimum atomic E-state index is -3.08. The van der Waals surface area contributed by atoms with Crippen molar-refractivity contribution in [3.63, 3.8) is 0 Å². The van der Waals surface area contributed by atoms with Crippen LogP contribution in [0.25, 0.3) is 0 Å². The fourth-order valence-corrected chi connectivity index (χ4v) is 3.61. The predicted octanol–water partition coefficient (Wildman–Crippen LogP) is 1.03. The number of hydrogen-bond donors (Lipinski definition) is 1. The van der Waals surface area contributed by atoms with Gasteiger partial charge in [-0.15, -0.1) is 0 Å². The van der Waals surface area contributed by atoms with E-state index in [0.717, 1.165) is 25.7 Å². The van der Waals surface area contributed by atoms with Gasteiger partial charge in [0.05, 0.1) is 11.9 Å². The molecular weight excluding hydrogens is 214 g/mol. The van der Waals surface area contributed by atoms with Gasteiger partial charge in [-0.3, -0.25) is 0 Å². The van der Waals surface area contributed by atoms with Crippen molar-refractivity contribution in [1.82, 2.24) is 4.72 Å². The third kappa shape index (κ3) is 2.92. The van der Waals surface area contributed by atoms with Crippen LogP contribution in [-0.2, 0) is 14.8 Å². The second-order valence-corrected chi connectivity index (χ2v) is 6.60. The zero-order chi connectivity index (χ0) is 10.9. The lowest BCUT2D eigenvalue weighted by molar-refractivity contribution is -0.0809. The minimum absolute atomic E-state index is 0.0133. The van der Waals surface area contributed by atoms with Gasteiger partial charge in [-0.1, -0.05) is 12.8 Å². The van der Waals surface area contributed by atoms with Gasteiger partial charge in [0.25, 0.3) is 0 Å². The van der Waals surface area contributed by atoms with Gasteiger partial charge in [0.2, 0.25) is 10.0 Å². The first-order valence-corrected chi connectivity index (χ1v) is 7.50. The summed E-state index contributed by atoms with van der Waals surface area (Å²) in [7, 11) is -3.08. The van der Waals surface area contributed by atoms with Crippen LogP contribution in [-0.4, -0.2) is 32.9 Å². The van der Waals surface area contributed by atoms with Crippen LogP contribution in [0.15, 0.2) is 0 Å². The number of sulfonamides is 1. The van der Waals surface area contributed by atoms with Crippen LogP contribution < -0.4 is 4.72 Å². The average Bonchev–Trinajstić information content (AvgIpc) is 2.50. The molecule has 4 nitrogen and oxygen atoms in total. The van der Waals surface area contributed by atoms with Crippen molar-refractivity contribution in [3.8, 4) is 0 Å². The molecule has 2 rings (SSSR count). The Balaban J connectivity index is 1.98. The Morgan fingerprint density at radius 1 is 1.33 bits per heavy atom. The summed E-state index contributed by atoms with van der Waals surface area (Å²) in [4.78, 5) is 0. The van der Waals surface area contributed by atoms with Crippen LogP contribution in [0, 0.1) is 0 Å². The summed E-state index contributed by atoms with van der Waals surface area (Å²) in [6.45, 7) is 0.688. The number of nitrogens with one attached hydrogen (secondary N) is 1. The molecule has 88 valence electrons. The molecule has 1 saturated carbocycles. The van der Waals surface area contributed by atoms with E-state index in [1.54, 1.807) is 0 Å². The molecule has 0 amide bonds. The first-order chi connectivity index (χ1) is 6.99. The van der Waals surface area contributed by atoms with Crippen LogP contribution >= 0.6 is 0 Å². The molecule has 15 heavy (non-hydrogen) atoms. The molecule has 1 saturated heterocycles. The van der Waals surface area contributed by atoms with Crippen LogP contribution in [0.2, 0.25) is 0 Å². The quantitative estimate of drug-likeness (QED) is 0.775. The molecule has 0 bridgehead atoms. The lowest BCUT2D eigenvalue weighted by Gasteiger charge is -2.38. The van der Waals surface area contributed by atoms with Crippen LogP contribution in [0.1, 0.15) is 38.5 Å². The van der Waals surface area contributed by atoms with Crippen molar-refractivity contribution in [3.05, 3.63) is 0 Å². The monoisotopic (exact) mass is 233 g/mol. The summed E-state index contributed by atoms with van der Waals surface area (Å²) >= 11 is 0. The topological polar surface area (TPSA) is 55.4 Å². The van der Waals surface area contributed by atoms with E-state index >= 15 is 0 Å². The van der Waals surface area contributed by atoms with Gasteiger partial charge in [-0.05, 0) is 25.7 Å². The summed E-state index contributed by atoms with van der Waals surface area (Å²) < 4.78 is 30.8. The molecule has 0 aromatic rings. The van der Waals surface area contributed by atoms with E-state index in [2.05, 4.69) is 4.72 Å². The highest BCUT2D eigenvalue weighted by Gasteiger charge is 2.40. The second-order valence-electron chi connectivity index (χ2n) is 4.82. The van der Waals surface area contributed by atoms with Gasteiger partial charge >= 0.3 is 0 Å². The maximum Gasteiger partial charge on any atom is 0.208 e. The van der Waals surface area contributed by atoms with Crippen molar-refractivity contribution < 1.29 is 13.2 Å². The van der Waals surface area contributed by atoms with E-state index < -0.39 is 10.0 Å². The Labute approximate surface area is 91.4 Å². The molecule has 1 heterocycles. The summed E-state index contributed by atoms with van der Waals surface area (Å²) in [5.41, 5.74) is -0.0133. The summed E-state index contributed by atoms with van der Waals surface area (Å²) in [6.07, 6.45) is 7.49. The molecule has 1 aliphatic carbocycles. The first-order valence-electron chi connectivity index (χ1n) is 5.60. The van der Waals surface area contributed by atoms with E-state index in [0.29, 0.717) is 6.61 Å². The van der Waals surface area contributed by atoms with E-state index in [1.165, 1.54) is 19.1 Å². The molecule has 5 heteroatoms. The summed E-state index contributed by atoms with van der Waals surface area (Å²) in [5.74, 6) is 0. The van der Waals surface area contributed by atoms with Gasteiger partial charge in [-0.25, -0.2) is 13.1 Å². The molecule has 1 unspecified atom stereocenters. The van der Waals surface area contributed by atoms with Crippen molar-refractivity contribution in [1.29, 1.82) is 0 Å². The van der Waals surface area contributed by atoms with E-state index in [-0.39, 0.29) is 11.6 Å². The van der Waals surface area contributed by atoms with Gasteiger partial charge in [0.1, 0.15) is 0 Å². The zero-order valence-corrected chi connectivity index (χ0v) is 9.98. The fraction of sp³-hybridized carbons (Fsp3) is 1.00. The Hall–Kier alpha value is -0.130. The van der Waals surface area contributed by atoms with Crippen LogP contribution in [0.4, 0.5) is 0 Å². The maximum absolute atomic E-state index is 11.2.